The van der Waals surface area contributed by atoms with Gasteiger partial charge in [-0.05, 0) is 55.7 Å². The maximum atomic E-state index is 9.10. The number of hydrogen-bond donors (Lipinski definition) is 2. The molecular formula is C18H31NO2. The Morgan fingerprint density at radius 3 is 2.33 bits per heavy atom. The smallest absolute Gasteiger partial charge is 0.122 e. The number of ether oxygens (including phenoxy) is 1. The van der Waals surface area contributed by atoms with E-state index in [0.717, 1.165) is 25.0 Å². The zero-order chi connectivity index (χ0) is 16.1. The maximum absolute atomic E-state index is 9.10. The molecule has 1 aromatic rings. The maximum Gasteiger partial charge on any atom is 0.122 e. The van der Waals surface area contributed by atoms with Crippen LogP contribution in [-0.4, -0.2) is 23.9 Å². The minimum Gasteiger partial charge on any atom is -0.493 e. The van der Waals surface area contributed by atoms with Gasteiger partial charge in [-0.25, -0.2) is 0 Å². The molecule has 0 bridgehead atoms. The Balaban J connectivity index is 2.43. The van der Waals surface area contributed by atoms with Crippen molar-refractivity contribution in [2.24, 2.45) is 5.73 Å². The minimum absolute atomic E-state index is 0.0290. The van der Waals surface area contributed by atoms with Gasteiger partial charge in [0, 0.05) is 5.54 Å². The summed E-state index contributed by atoms with van der Waals surface area (Å²) in [6, 6.07) is 6.42. The minimum atomic E-state index is -0.468. The third-order valence-corrected chi connectivity index (χ3v) is 3.80. The molecule has 0 radical (unpaired) electrons. The van der Waals surface area contributed by atoms with E-state index in [1.165, 1.54) is 11.1 Å². The lowest BCUT2D eigenvalue weighted by Gasteiger charge is -2.22. The number of aryl methyl sites for hydroxylation is 1. The summed E-state index contributed by atoms with van der Waals surface area (Å²) in [5, 5.41) is 9.10. The van der Waals surface area contributed by atoms with Crippen molar-refractivity contribution in [3.05, 3.63) is 29.3 Å². The van der Waals surface area contributed by atoms with Crippen molar-refractivity contribution < 1.29 is 9.84 Å². The molecule has 0 aromatic heterocycles. The van der Waals surface area contributed by atoms with Crippen LogP contribution in [0.5, 0.6) is 5.75 Å². The predicted octanol–water partition coefficient (Wildman–Crippen LogP) is 3.55. The third-order valence-electron chi connectivity index (χ3n) is 3.80. The van der Waals surface area contributed by atoms with Crippen molar-refractivity contribution in [2.45, 2.75) is 64.8 Å². The summed E-state index contributed by atoms with van der Waals surface area (Å²) < 4.78 is 5.85. The lowest BCUT2D eigenvalue weighted by atomic mass is 9.86. The van der Waals surface area contributed by atoms with Crippen LogP contribution >= 0.6 is 0 Å². The van der Waals surface area contributed by atoms with E-state index in [9.17, 15) is 0 Å². The van der Waals surface area contributed by atoms with E-state index in [2.05, 4.69) is 45.9 Å². The van der Waals surface area contributed by atoms with E-state index in [4.69, 9.17) is 15.6 Å². The molecule has 0 saturated carbocycles. The number of nitrogens with two attached hydrogens (primary N) is 1. The second-order valence-corrected chi connectivity index (χ2v) is 7.35. The largest absolute Gasteiger partial charge is 0.493 e. The Bertz CT molecular complexity index is 447. The van der Waals surface area contributed by atoms with Crippen LogP contribution in [0, 0.1) is 6.92 Å². The number of aliphatic hydroxyl groups excluding tert-OH is 1. The molecule has 1 unspecified atom stereocenters. The van der Waals surface area contributed by atoms with Gasteiger partial charge in [0.1, 0.15) is 5.75 Å². The highest BCUT2D eigenvalue weighted by molar-refractivity contribution is 5.38. The summed E-state index contributed by atoms with van der Waals surface area (Å²) in [6.07, 6.45) is 2.73. The molecular weight excluding hydrogens is 262 g/mol. The molecule has 3 N–H and O–H groups in total. The normalized spacial score (nSPS) is 14.8. The molecule has 0 fully saturated rings. The van der Waals surface area contributed by atoms with Gasteiger partial charge in [-0.3, -0.25) is 0 Å². The first-order valence-corrected chi connectivity index (χ1v) is 7.79. The highest BCUT2D eigenvalue weighted by Gasteiger charge is 2.16. The molecule has 21 heavy (non-hydrogen) atoms. The van der Waals surface area contributed by atoms with Gasteiger partial charge in [-0.15, -0.1) is 0 Å². The summed E-state index contributed by atoms with van der Waals surface area (Å²) in [6.45, 7) is 11.3. The average molecular weight is 293 g/mol. The standard InChI is InChI=1S/C18H31NO2/c1-14-12-15(17(2,3)4)8-9-16(14)21-11-7-6-10-18(5,19)13-20/h8-9,12,20H,6-7,10-11,13,19H2,1-5H3. The van der Waals surface area contributed by atoms with Crippen LogP contribution in [0.15, 0.2) is 18.2 Å². The van der Waals surface area contributed by atoms with E-state index < -0.39 is 5.54 Å². The quantitative estimate of drug-likeness (QED) is 0.756. The van der Waals surface area contributed by atoms with E-state index in [-0.39, 0.29) is 12.0 Å². The van der Waals surface area contributed by atoms with Gasteiger partial charge in [0.05, 0.1) is 13.2 Å². The SMILES string of the molecule is Cc1cc(C(C)(C)C)ccc1OCCCCC(C)(N)CO. The van der Waals surface area contributed by atoms with Crippen molar-refractivity contribution >= 4 is 0 Å². The van der Waals surface area contributed by atoms with Crippen molar-refractivity contribution in [1.82, 2.24) is 0 Å². The van der Waals surface area contributed by atoms with Crippen molar-refractivity contribution in [3.63, 3.8) is 0 Å². The highest BCUT2D eigenvalue weighted by atomic mass is 16.5. The molecule has 0 aliphatic heterocycles. The summed E-state index contributed by atoms with van der Waals surface area (Å²) in [7, 11) is 0. The van der Waals surface area contributed by atoms with Crippen molar-refractivity contribution in [3.8, 4) is 5.75 Å². The molecule has 0 heterocycles. The molecule has 0 amide bonds. The van der Waals surface area contributed by atoms with Gasteiger partial charge in [-0.1, -0.05) is 32.9 Å². The molecule has 0 aliphatic carbocycles. The molecule has 120 valence electrons. The van der Waals surface area contributed by atoms with Crippen molar-refractivity contribution in [1.29, 1.82) is 0 Å². The summed E-state index contributed by atoms with van der Waals surface area (Å²) in [5.74, 6) is 0.959. The fourth-order valence-electron chi connectivity index (χ4n) is 2.17. The predicted molar refractivity (Wildman–Crippen MR) is 88.9 cm³/mol. The Kier molecular flexibility index (Phi) is 6.24. The van der Waals surface area contributed by atoms with E-state index >= 15 is 0 Å². The fraction of sp³-hybridized carbons (Fsp3) is 0.667. The Morgan fingerprint density at radius 2 is 1.81 bits per heavy atom. The zero-order valence-corrected chi connectivity index (χ0v) is 14.2. The third kappa shape index (κ3) is 6.06. The van der Waals surface area contributed by atoms with E-state index in [0.29, 0.717) is 6.61 Å². The molecule has 0 saturated heterocycles. The van der Waals surface area contributed by atoms with E-state index in [1.807, 2.05) is 6.92 Å². The second kappa shape index (κ2) is 7.28. The number of benzene rings is 1. The van der Waals surface area contributed by atoms with Crippen LogP contribution < -0.4 is 10.5 Å². The Hall–Kier alpha value is -1.06. The number of unbranched alkanes of at least 4 members (excludes halogenated alkanes) is 1. The van der Waals surface area contributed by atoms with Gasteiger partial charge in [-0.2, -0.15) is 0 Å². The zero-order valence-electron chi connectivity index (χ0n) is 14.2. The first-order chi connectivity index (χ1) is 9.65. The number of aliphatic hydroxyl groups is 1. The topological polar surface area (TPSA) is 55.5 Å². The molecule has 1 aromatic carbocycles. The van der Waals surface area contributed by atoms with Crippen LogP contribution in [0.4, 0.5) is 0 Å². The highest BCUT2D eigenvalue weighted by Crippen LogP contribution is 2.27. The van der Waals surface area contributed by atoms with Gasteiger partial charge >= 0.3 is 0 Å². The summed E-state index contributed by atoms with van der Waals surface area (Å²) in [4.78, 5) is 0. The van der Waals surface area contributed by atoms with Crippen LogP contribution in [0.1, 0.15) is 58.1 Å². The first kappa shape index (κ1) is 18.0. The van der Waals surface area contributed by atoms with Gasteiger partial charge < -0.3 is 15.6 Å². The van der Waals surface area contributed by atoms with Gasteiger partial charge in [0.2, 0.25) is 0 Å². The summed E-state index contributed by atoms with van der Waals surface area (Å²) in [5.41, 5.74) is 8.11. The molecule has 1 rings (SSSR count). The fourth-order valence-corrected chi connectivity index (χ4v) is 2.17. The molecule has 3 nitrogen and oxygen atoms in total. The molecule has 3 heteroatoms. The lowest BCUT2D eigenvalue weighted by molar-refractivity contribution is 0.194. The number of hydrogen-bond acceptors (Lipinski definition) is 3. The van der Waals surface area contributed by atoms with Crippen LogP contribution in [0.2, 0.25) is 0 Å². The average Bonchev–Trinajstić information content (AvgIpc) is 2.38. The van der Waals surface area contributed by atoms with Gasteiger partial charge in [0.15, 0.2) is 0 Å². The summed E-state index contributed by atoms with van der Waals surface area (Å²) >= 11 is 0. The number of rotatable bonds is 7. The molecule has 0 spiro atoms. The van der Waals surface area contributed by atoms with Crippen LogP contribution in [0.25, 0.3) is 0 Å². The Morgan fingerprint density at radius 1 is 1.14 bits per heavy atom. The monoisotopic (exact) mass is 293 g/mol. The van der Waals surface area contributed by atoms with Crippen molar-refractivity contribution in [2.75, 3.05) is 13.2 Å². The van der Waals surface area contributed by atoms with Crippen LogP contribution in [0.3, 0.4) is 0 Å². The lowest BCUT2D eigenvalue weighted by Crippen LogP contribution is -2.39. The van der Waals surface area contributed by atoms with Gasteiger partial charge in [0.25, 0.3) is 0 Å². The van der Waals surface area contributed by atoms with E-state index in [1.54, 1.807) is 0 Å². The molecule has 1 atom stereocenters. The first-order valence-electron chi connectivity index (χ1n) is 7.79. The second-order valence-electron chi connectivity index (χ2n) is 7.35. The molecule has 0 aliphatic rings. The van der Waals surface area contributed by atoms with Crippen LogP contribution in [-0.2, 0) is 5.41 Å². The Labute approximate surface area is 129 Å².